The van der Waals surface area contributed by atoms with Gasteiger partial charge in [-0.25, -0.2) is 0 Å². The SMILES string of the molecule is CN(C)CCC1OCC(=O)C1NC(=O)[CH]CC(C)(C)CC(N)=O. The Morgan fingerprint density at radius 3 is 2.65 bits per heavy atom. The first kappa shape index (κ1) is 19.6. The van der Waals surface area contributed by atoms with Gasteiger partial charge in [0.25, 0.3) is 0 Å². The summed E-state index contributed by atoms with van der Waals surface area (Å²) in [6.45, 7) is 4.55. The quantitative estimate of drug-likeness (QED) is 0.615. The fraction of sp³-hybridized carbons (Fsp3) is 0.750. The average Bonchev–Trinajstić information content (AvgIpc) is 2.74. The largest absolute Gasteiger partial charge is 0.370 e. The van der Waals surface area contributed by atoms with Crippen molar-refractivity contribution < 1.29 is 19.1 Å². The summed E-state index contributed by atoms with van der Waals surface area (Å²) in [5.74, 6) is -0.819. The van der Waals surface area contributed by atoms with E-state index in [4.69, 9.17) is 10.5 Å². The number of hydrogen-bond acceptors (Lipinski definition) is 5. The van der Waals surface area contributed by atoms with Crippen LogP contribution >= 0.6 is 0 Å². The van der Waals surface area contributed by atoms with Gasteiger partial charge in [0, 0.05) is 13.0 Å². The van der Waals surface area contributed by atoms with Gasteiger partial charge in [0.2, 0.25) is 11.8 Å². The van der Waals surface area contributed by atoms with E-state index in [-0.39, 0.29) is 36.2 Å². The van der Waals surface area contributed by atoms with Gasteiger partial charge in [-0.1, -0.05) is 13.8 Å². The van der Waals surface area contributed by atoms with E-state index in [2.05, 4.69) is 5.32 Å². The van der Waals surface area contributed by atoms with Gasteiger partial charge in [-0.3, -0.25) is 14.4 Å². The van der Waals surface area contributed by atoms with Crippen molar-refractivity contribution in [3.8, 4) is 0 Å². The van der Waals surface area contributed by atoms with Crippen LogP contribution in [0.5, 0.6) is 0 Å². The van der Waals surface area contributed by atoms with Crippen molar-refractivity contribution in [2.45, 2.75) is 45.3 Å². The molecule has 0 bridgehead atoms. The summed E-state index contributed by atoms with van der Waals surface area (Å²) in [5.41, 5.74) is 4.81. The zero-order valence-corrected chi connectivity index (χ0v) is 14.4. The Balaban J connectivity index is 2.47. The van der Waals surface area contributed by atoms with Crippen molar-refractivity contribution in [2.24, 2.45) is 11.1 Å². The van der Waals surface area contributed by atoms with Crippen molar-refractivity contribution >= 4 is 17.6 Å². The van der Waals surface area contributed by atoms with Crippen molar-refractivity contribution in [2.75, 3.05) is 27.2 Å². The summed E-state index contributed by atoms with van der Waals surface area (Å²) in [6, 6.07) is -0.599. The fourth-order valence-corrected chi connectivity index (χ4v) is 2.52. The number of nitrogens with one attached hydrogen (secondary N) is 1. The molecule has 7 heteroatoms. The van der Waals surface area contributed by atoms with Gasteiger partial charge in [-0.15, -0.1) is 0 Å². The lowest BCUT2D eigenvalue weighted by molar-refractivity contribution is -0.124. The summed E-state index contributed by atoms with van der Waals surface area (Å²) >= 11 is 0. The number of nitrogens with zero attached hydrogens (tertiary/aromatic N) is 1. The molecule has 0 saturated carbocycles. The Morgan fingerprint density at radius 2 is 2.09 bits per heavy atom. The zero-order valence-electron chi connectivity index (χ0n) is 14.4. The summed E-state index contributed by atoms with van der Waals surface area (Å²) < 4.78 is 5.46. The van der Waals surface area contributed by atoms with Crippen LogP contribution in [0.3, 0.4) is 0 Å². The molecule has 2 unspecified atom stereocenters. The zero-order chi connectivity index (χ0) is 17.6. The average molecular weight is 326 g/mol. The van der Waals surface area contributed by atoms with E-state index in [0.29, 0.717) is 12.8 Å². The Kier molecular flexibility index (Phi) is 7.15. The molecule has 0 aromatic rings. The van der Waals surface area contributed by atoms with Crippen LogP contribution in [-0.4, -0.2) is 61.9 Å². The van der Waals surface area contributed by atoms with Crippen LogP contribution in [0.4, 0.5) is 0 Å². The molecule has 23 heavy (non-hydrogen) atoms. The molecule has 1 heterocycles. The maximum absolute atomic E-state index is 12.1. The number of primary amides is 1. The molecular weight excluding hydrogens is 298 g/mol. The van der Waals surface area contributed by atoms with E-state index in [9.17, 15) is 14.4 Å². The Bertz CT molecular complexity index is 449. The highest BCUT2D eigenvalue weighted by atomic mass is 16.5. The molecule has 1 aliphatic rings. The molecule has 2 amide bonds. The number of nitrogens with two attached hydrogens (primary N) is 1. The lowest BCUT2D eigenvalue weighted by Crippen LogP contribution is -2.45. The van der Waals surface area contributed by atoms with Crippen molar-refractivity contribution in [3.63, 3.8) is 0 Å². The molecule has 1 rings (SSSR count). The third-order valence-corrected chi connectivity index (χ3v) is 3.81. The van der Waals surface area contributed by atoms with Crippen LogP contribution < -0.4 is 11.1 Å². The standard InChI is InChI=1S/C16H28N3O4/c1-16(2,9-13(17)21)7-5-14(22)18-15-11(20)10-23-12(15)6-8-19(3)4/h5,12,15H,6-10H2,1-4H3,(H2,17,21)(H,18,22). The number of Topliss-reactive ketones (excluding diaryl/α,β-unsaturated/α-hetero) is 1. The van der Waals surface area contributed by atoms with Crippen LogP contribution in [0.25, 0.3) is 0 Å². The minimum Gasteiger partial charge on any atom is -0.370 e. The highest BCUT2D eigenvalue weighted by molar-refractivity contribution is 5.94. The minimum atomic E-state index is -0.599. The first-order valence-electron chi connectivity index (χ1n) is 7.82. The number of amides is 2. The second-order valence-corrected chi connectivity index (χ2v) is 7.11. The number of carbonyl (C=O) groups is 3. The summed E-state index contributed by atoms with van der Waals surface area (Å²) in [5, 5.41) is 2.72. The second kappa shape index (κ2) is 8.40. The molecule has 3 N–H and O–H groups in total. The van der Waals surface area contributed by atoms with E-state index in [1.807, 2.05) is 32.8 Å². The smallest absolute Gasteiger partial charge is 0.224 e. The molecule has 7 nitrogen and oxygen atoms in total. The number of carbonyl (C=O) groups excluding carboxylic acids is 3. The molecule has 131 valence electrons. The molecule has 1 radical (unpaired) electrons. The summed E-state index contributed by atoms with van der Waals surface area (Å²) in [4.78, 5) is 36.9. The predicted octanol–water partition coefficient (Wildman–Crippen LogP) is -0.113. The number of ether oxygens (including phenoxy) is 1. The van der Waals surface area contributed by atoms with Gasteiger partial charge in [0.05, 0.1) is 12.5 Å². The Hall–Kier alpha value is -1.47. The van der Waals surface area contributed by atoms with Crippen molar-refractivity contribution in [3.05, 3.63) is 6.42 Å². The highest BCUT2D eigenvalue weighted by Crippen LogP contribution is 2.26. The maximum Gasteiger partial charge on any atom is 0.224 e. The van der Waals surface area contributed by atoms with Crippen LogP contribution in [0.1, 0.15) is 33.1 Å². The number of hydrogen-bond donors (Lipinski definition) is 2. The van der Waals surface area contributed by atoms with E-state index < -0.39 is 11.9 Å². The lowest BCUT2D eigenvalue weighted by atomic mass is 9.84. The summed E-state index contributed by atoms with van der Waals surface area (Å²) in [6.07, 6.45) is 2.47. The minimum absolute atomic E-state index is 0.0379. The van der Waals surface area contributed by atoms with Gasteiger partial charge in [-0.05, 0) is 32.4 Å². The highest BCUT2D eigenvalue weighted by Gasteiger charge is 2.36. The lowest BCUT2D eigenvalue weighted by Gasteiger charge is -2.23. The Labute approximate surface area is 137 Å². The van der Waals surface area contributed by atoms with Gasteiger partial charge < -0.3 is 20.7 Å². The van der Waals surface area contributed by atoms with Crippen LogP contribution in [0, 0.1) is 11.8 Å². The summed E-state index contributed by atoms with van der Waals surface area (Å²) in [7, 11) is 3.89. The normalized spacial score (nSPS) is 21.7. The molecule has 1 aliphatic heterocycles. The van der Waals surface area contributed by atoms with Gasteiger partial charge in [-0.2, -0.15) is 0 Å². The van der Waals surface area contributed by atoms with E-state index in [1.165, 1.54) is 6.42 Å². The maximum atomic E-state index is 12.1. The first-order valence-corrected chi connectivity index (χ1v) is 7.82. The van der Waals surface area contributed by atoms with Gasteiger partial charge in [0.15, 0.2) is 5.78 Å². The Morgan fingerprint density at radius 1 is 1.43 bits per heavy atom. The number of rotatable bonds is 9. The fourth-order valence-electron chi connectivity index (χ4n) is 2.52. The second-order valence-electron chi connectivity index (χ2n) is 7.11. The van der Waals surface area contributed by atoms with E-state index in [0.717, 1.165) is 6.54 Å². The van der Waals surface area contributed by atoms with E-state index >= 15 is 0 Å². The van der Waals surface area contributed by atoms with Crippen LogP contribution in [0.15, 0.2) is 0 Å². The van der Waals surface area contributed by atoms with Crippen LogP contribution in [-0.2, 0) is 19.1 Å². The monoisotopic (exact) mass is 326 g/mol. The molecule has 1 saturated heterocycles. The molecule has 0 aliphatic carbocycles. The van der Waals surface area contributed by atoms with Gasteiger partial charge in [0.1, 0.15) is 12.6 Å². The topological polar surface area (TPSA) is 102 Å². The van der Waals surface area contributed by atoms with Crippen molar-refractivity contribution in [1.82, 2.24) is 10.2 Å². The third-order valence-electron chi connectivity index (χ3n) is 3.81. The molecule has 2 atom stereocenters. The molecule has 0 spiro atoms. The molecule has 1 fully saturated rings. The third kappa shape index (κ3) is 7.09. The van der Waals surface area contributed by atoms with Gasteiger partial charge >= 0.3 is 0 Å². The molecule has 0 aromatic heterocycles. The molecular formula is C16H28N3O4. The number of ketones is 1. The first-order chi connectivity index (χ1) is 10.6. The van der Waals surface area contributed by atoms with Crippen LogP contribution in [0.2, 0.25) is 0 Å². The molecule has 0 aromatic carbocycles. The van der Waals surface area contributed by atoms with Crippen molar-refractivity contribution in [1.29, 1.82) is 0 Å². The predicted molar refractivity (Wildman–Crippen MR) is 86.4 cm³/mol. The van der Waals surface area contributed by atoms with E-state index in [1.54, 1.807) is 0 Å².